The van der Waals surface area contributed by atoms with Crippen molar-refractivity contribution in [3.8, 4) is 11.8 Å². The molecule has 0 bridgehead atoms. The van der Waals surface area contributed by atoms with E-state index < -0.39 is 24.0 Å². The van der Waals surface area contributed by atoms with E-state index >= 15 is 0 Å². The van der Waals surface area contributed by atoms with Crippen LogP contribution in [0.4, 0.5) is 0 Å². The van der Waals surface area contributed by atoms with Crippen LogP contribution >= 0.6 is 0 Å². The maximum absolute atomic E-state index is 12.3. The van der Waals surface area contributed by atoms with E-state index in [0.717, 1.165) is 11.1 Å². The minimum Gasteiger partial charge on any atom is -0.388 e. The predicted octanol–water partition coefficient (Wildman–Crippen LogP) is 0.866. The van der Waals surface area contributed by atoms with Gasteiger partial charge in [-0.2, -0.15) is 0 Å². The number of ether oxygens (including phenoxy) is 2. The highest BCUT2D eigenvalue weighted by Crippen LogP contribution is 2.08. The highest BCUT2D eigenvalue weighted by atomic mass is 16.5. The van der Waals surface area contributed by atoms with E-state index in [1.54, 1.807) is 43.5 Å². The summed E-state index contributed by atoms with van der Waals surface area (Å²) in [4.78, 5) is 24.1. The van der Waals surface area contributed by atoms with Crippen LogP contribution < -0.4 is 10.8 Å². The summed E-state index contributed by atoms with van der Waals surface area (Å²) in [6.07, 6.45) is -2.74. The van der Waals surface area contributed by atoms with E-state index in [2.05, 4.69) is 17.2 Å². The molecule has 0 saturated carbocycles. The van der Waals surface area contributed by atoms with E-state index in [9.17, 15) is 14.7 Å². The lowest BCUT2D eigenvalue weighted by molar-refractivity contribution is -0.150. The largest absolute Gasteiger partial charge is 0.388 e. The van der Waals surface area contributed by atoms with Crippen molar-refractivity contribution in [2.45, 2.75) is 18.8 Å². The normalized spacial score (nSPS) is 12.2. The Labute approximate surface area is 174 Å². The fourth-order valence-corrected chi connectivity index (χ4v) is 2.51. The molecule has 0 aliphatic heterocycles. The first-order valence-electron chi connectivity index (χ1n) is 9.18. The molecular formula is C22H24N2O6. The summed E-state index contributed by atoms with van der Waals surface area (Å²) in [5.41, 5.74) is 3.36. The molecule has 0 radical (unpaired) electrons. The number of hydrogen-bond acceptors (Lipinski definition) is 6. The fraction of sp³-hybridized carbons (Fsp3) is 0.273. The van der Waals surface area contributed by atoms with Crippen molar-refractivity contribution in [2.24, 2.45) is 0 Å². The SMILES string of the molecule is COCC#Cc1ccc(C(=O)NC[C@H](O)[C@H](OCc2ccccc2)C(=O)NO)cc1. The Morgan fingerprint density at radius 2 is 1.80 bits per heavy atom. The molecule has 8 nitrogen and oxygen atoms in total. The molecule has 0 spiro atoms. The van der Waals surface area contributed by atoms with Gasteiger partial charge >= 0.3 is 0 Å². The van der Waals surface area contributed by atoms with E-state index in [1.807, 2.05) is 18.2 Å². The van der Waals surface area contributed by atoms with Crippen LogP contribution in [0.5, 0.6) is 0 Å². The summed E-state index contributed by atoms with van der Waals surface area (Å²) in [5, 5.41) is 21.8. The number of benzene rings is 2. The van der Waals surface area contributed by atoms with Gasteiger partial charge in [-0.3, -0.25) is 14.8 Å². The Bertz CT molecular complexity index is 874. The van der Waals surface area contributed by atoms with Gasteiger partial charge < -0.3 is 19.9 Å². The molecule has 2 rings (SSSR count). The monoisotopic (exact) mass is 412 g/mol. The summed E-state index contributed by atoms with van der Waals surface area (Å²) in [6, 6.07) is 15.6. The summed E-state index contributed by atoms with van der Waals surface area (Å²) < 4.78 is 10.3. The van der Waals surface area contributed by atoms with Gasteiger partial charge in [0, 0.05) is 24.8 Å². The maximum atomic E-state index is 12.3. The third-order valence-electron chi connectivity index (χ3n) is 4.06. The number of carbonyl (C=O) groups excluding carboxylic acids is 2. The second-order valence-electron chi connectivity index (χ2n) is 6.28. The molecule has 2 amide bonds. The molecule has 2 aromatic rings. The number of amides is 2. The molecule has 4 N–H and O–H groups in total. The van der Waals surface area contributed by atoms with E-state index in [1.165, 1.54) is 5.48 Å². The minimum absolute atomic E-state index is 0.0511. The third-order valence-corrected chi connectivity index (χ3v) is 4.06. The fourth-order valence-electron chi connectivity index (χ4n) is 2.51. The number of rotatable bonds is 9. The lowest BCUT2D eigenvalue weighted by Crippen LogP contribution is -2.48. The number of aliphatic hydroxyl groups is 1. The molecule has 0 aliphatic carbocycles. The Balaban J connectivity index is 1.91. The lowest BCUT2D eigenvalue weighted by atomic mass is 10.1. The van der Waals surface area contributed by atoms with Crippen LogP contribution in [0, 0.1) is 11.8 Å². The van der Waals surface area contributed by atoms with Crippen molar-refractivity contribution in [3.63, 3.8) is 0 Å². The highest BCUT2D eigenvalue weighted by molar-refractivity contribution is 5.94. The van der Waals surface area contributed by atoms with Gasteiger partial charge in [0.2, 0.25) is 0 Å². The molecule has 2 atom stereocenters. The zero-order chi connectivity index (χ0) is 21.8. The molecular weight excluding hydrogens is 388 g/mol. The van der Waals surface area contributed by atoms with Crippen LogP contribution in [0.2, 0.25) is 0 Å². The van der Waals surface area contributed by atoms with Gasteiger partial charge in [-0.25, -0.2) is 5.48 Å². The van der Waals surface area contributed by atoms with Gasteiger partial charge in [-0.15, -0.1) is 0 Å². The Kier molecular flexibility index (Phi) is 9.51. The van der Waals surface area contributed by atoms with Gasteiger partial charge in [0.25, 0.3) is 11.8 Å². The lowest BCUT2D eigenvalue weighted by Gasteiger charge is -2.22. The summed E-state index contributed by atoms with van der Waals surface area (Å²) >= 11 is 0. The predicted molar refractivity (Wildman–Crippen MR) is 108 cm³/mol. The minimum atomic E-state index is -1.37. The average molecular weight is 412 g/mol. The van der Waals surface area contributed by atoms with Gasteiger partial charge in [0.15, 0.2) is 6.10 Å². The smallest absolute Gasteiger partial charge is 0.275 e. The van der Waals surface area contributed by atoms with Crippen molar-refractivity contribution >= 4 is 11.8 Å². The molecule has 2 aromatic carbocycles. The summed E-state index contributed by atoms with van der Waals surface area (Å²) in [6.45, 7) is 0.117. The van der Waals surface area contributed by atoms with Crippen molar-refractivity contribution in [1.29, 1.82) is 0 Å². The van der Waals surface area contributed by atoms with E-state index in [-0.39, 0.29) is 13.2 Å². The first-order chi connectivity index (χ1) is 14.5. The molecule has 0 unspecified atom stereocenters. The molecule has 8 heteroatoms. The Morgan fingerprint density at radius 3 is 2.43 bits per heavy atom. The van der Waals surface area contributed by atoms with Crippen LogP contribution in [0.25, 0.3) is 0 Å². The van der Waals surface area contributed by atoms with Crippen LogP contribution in [-0.4, -0.2) is 54.6 Å². The second-order valence-corrected chi connectivity index (χ2v) is 6.28. The molecule has 0 fully saturated rings. The van der Waals surface area contributed by atoms with Gasteiger partial charge in [0.1, 0.15) is 12.7 Å². The van der Waals surface area contributed by atoms with Crippen molar-refractivity contribution < 1.29 is 29.4 Å². The van der Waals surface area contributed by atoms with Crippen LogP contribution in [-0.2, 0) is 20.9 Å². The van der Waals surface area contributed by atoms with Crippen LogP contribution in [0.1, 0.15) is 21.5 Å². The molecule has 0 saturated heterocycles. The third kappa shape index (κ3) is 7.31. The number of methoxy groups -OCH3 is 1. The standard InChI is InChI=1S/C22H24N2O6/c1-29-13-5-8-16-9-11-18(12-10-16)21(26)23-14-19(25)20(22(27)24-28)30-15-17-6-3-2-4-7-17/h2-4,6-7,9-12,19-20,25,28H,13-15H2,1H3,(H,23,26)(H,24,27)/t19-,20-/m0/s1. The molecule has 30 heavy (non-hydrogen) atoms. The maximum Gasteiger partial charge on any atom is 0.275 e. The second kappa shape index (κ2) is 12.4. The number of carbonyl (C=O) groups is 2. The average Bonchev–Trinajstić information content (AvgIpc) is 2.78. The number of nitrogens with one attached hydrogen (secondary N) is 2. The first kappa shape index (κ1) is 23.1. The van der Waals surface area contributed by atoms with E-state index in [0.29, 0.717) is 12.2 Å². The van der Waals surface area contributed by atoms with Crippen LogP contribution in [0.3, 0.4) is 0 Å². The Hall–Kier alpha value is -3.22. The zero-order valence-corrected chi connectivity index (χ0v) is 16.5. The molecule has 158 valence electrons. The molecule has 0 aliphatic rings. The Morgan fingerprint density at radius 1 is 1.10 bits per heavy atom. The summed E-state index contributed by atoms with van der Waals surface area (Å²) in [5.74, 6) is 4.36. The van der Waals surface area contributed by atoms with Crippen LogP contribution in [0.15, 0.2) is 54.6 Å². The number of hydroxylamine groups is 1. The molecule has 0 heterocycles. The van der Waals surface area contributed by atoms with Crippen molar-refractivity contribution in [2.75, 3.05) is 20.3 Å². The van der Waals surface area contributed by atoms with Gasteiger partial charge in [0.05, 0.1) is 6.61 Å². The zero-order valence-electron chi connectivity index (χ0n) is 16.5. The highest BCUT2D eigenvalue weighted by Gasteiger charge is 2.28. The van der Waals surface area contributed by atoms with Crippen molar-refractivity contribution in [1.82, 2.24) is 10.8 Å². The van der Waals surface area contributed by atoms with E-state index in [4.69, 9.17) is 14.7 Å². The topological polar surface area (TPSA) is 117 Å². The quantitative estimate of drug-likeness (QED) is 0.276. The van der Waals surface area contributed by atoms with Gasteiger partial charge in [-0.1, -0.05) is 42.2 Å². The van der Waals surface area contributed by atoms with Crippen molar-refractivity contribution in [3.05, 3.63) is 71.3 Å². The number of hydrogen-bond donors (Lipinski definition) is 4. The molecule has 0 aromatic heterocycles. The summed E-state index contributed by atoms with van der Waals surface area (Å²) in [7, 11) is 1.55. The number of aliphatic hydroxyl groups excluding tert-OH is 1. The first-order valence-corrected chi connectivity index (χ1v) is 9.18. The van der Waals surface area contributed by atoms with Gasteiger partial charge in [-0.05, 0) is 29.8 Å².